The van der Waals surface area contributed by atoms with Gasteiger partial charge in [0.05, 0.1) is 7.11 Å². The SMILES string of the molecule is COc1ccc(F)c([C@H](C(=O)O)N2CCCN(Cc3ccncc3)CC2)c1. The standard InChI is InChI=1S/C20H24FN3O3/c1-27-16-3-4-18(21)17(13-16)19(20(25)26)24-10-2-9-23(11-12-24)14-15-5-7-22-8-6-15/h3-8,13,19H,2,9-12,14H2,1H3,(H,25,26)/t19-/m1/s1. The van der Waals surface area contributed by atoms with E-state index in [0.29, 0.717) is 18.8 Å². The Morgan fingerprint density at radius 1 is 1.22 bits per heavy atom. The molecule has 0 amide bonds. The Kier molecular flexibility index (Phi) is 6.36. The van der Waals surface area contributed by atoms with E-state index in [9.17, 15) is 14.3 Å². The molecule has 0 unspecified atom stereocenters. The lowest BCUT2D eigenvalue weighted by atomic mass is 10.0. The van der Waals surface area contributed by atoms with E-state index in [4.69, 9.17) is 4.74 Å². The van der Waals surface area contributed by atoms with Gasteiger partial charge in [0.2, 0.25) is 0 Å². The Morgan fingerprint density at radius 2 is 2.00 bits per heavy atom. The Morgan fingerprint density at radius 3 is 2.70 bits per heavy atom. The molecule has 0 saturated carbocycles. The summed E-state index contributed by atoms with van der Waals surface area (Å²) >= 11 is 0. The van der Waals surface area contributed by atoms with Gasteiger partial charge in [0, 0.05) is 44.1 Å². The molecule has 6 nitrogen and oxygen atoms in total. The molecule has 0 aliphatic carbocycles. The van der Waals surface area contributed by atoms with Crippen molar-refractivity contribution in [3.63, 3.8) is 0 Å². The Bertz CT molecular complexity index is 772. The van der Waals surface area contributed by atoms with Crippen molar-refractivity contribution in [2.75, 3.05) is 33.3 Å². The van der Waals surface area contributed by atoms with E-state index in [1.807, 2.05) is 17.0 Å². The second-order valence-corrected chi connectivity index (χ2v) is 6.65. The van der Waals surface area contributed by atoms with E-state index in [-0.39, 0.29) is 5.56 Å². The Labute approximate surface area is 158 Å². The molecule has 1 fully saturated rings. The molecule has 2 heterocycles. The van der Waals surface area contributed by atoms with E-state index in [1.165, 1.54) is 30.9 Å². The van der Waals surface area contributed by atoms with Crippen LogP contribution < -0.4 is 4.74 Å². The zero-order chi connectivity index (χ0) is 19.2. The van der Waals surface area contributed by atoms with Gasteiger partial charge in [-0.25, -0.2) is 4.39 Å². The van der Waals surface area contributed by atoms with Gasteiger partial charge < -0.3 is 9.84 Å². The summed E-state index contributed by atoms with van der Waals surface area (Å²) in [7, 11) is 1.48. The van der Waals surface area contributed by atoms with Crippen LogP contribution in [0.5, 0.6) is 5.75 Å². The van der Waals surface area contributed by atoms with Crippen LogP contribution in [-0.4, -0.2) is 59.1 Å². The quantitative estimate of drug-likeness (QED) is 0.840. The number of pyridine rings is 1. The van der Waals surface area contributed by atoms with Gasteiger partial charge in [0.15, 0.2) is 0 Å². The monoisotopic (exact) mass is 373 g/mol. The minimum Gasteiger partial charge on any atom is -0.497 e. The van der Waals surface area contributed by atoms with Gasteiger partial charge in [0.1, 0.15) is 17.6 Å². The lowest BCUT2D eigenvalue weighted by Gasteiger charge is -2.28. The Hall–Kier alpha value is -2.51. The molecular formula is C20H24FN3O3. The fourth-order valence-electron chi connectivity index (χ4n) is 3.50. The number of aliphatic carboxylic acids is 1. The van der Waals surface area contributed by atoms with E-state index in [0.717, 1.165) is 26.1 Å². The second-order valence-electron chi connectivity index (χ2n) is 6.65. The lowest BCUT2D eigenvalue weighted by Crippen LogP contribution is -2.37. The van der Waals surface area contributed by atoms with Gasteiger partial charge in [-0.1, -0.05) is 0 Å². The molecule has 144 valence electrons. The van der Waals surface area contributed by atoms with E-state index in [2.05, 4.69) is 9.88 Å². The summed E-state index contributed by atoms with van der Waals surface area (Å²) in [5.74, 6) is -1.13. The number of halogens is 1. The molecule has 1 aliphatic heterocycles. The summed E-state index contributed by atoms with van der Waals surface area (Å²) in [5, 5.41) is 9.79. The minimum atomic E-state index is -1.05. The number of carbonyl (C=O) groups is 1. The fraction of sp³-hybridized carbons (Fsp3) is 0.400. The van der Waals surface area contributed by atoms with Crippen molar-refractivity contribution in [3.05, 3.63) is 59.7 Å². The van der Waals surface area contributed by atoms with Crippen LogP contribution in [0.15, 0.2) is 42.7 Å². The molecule has 1 N–H and O–H groups in total. The van der Waals surface area contributed by atoms with Crippen molar-refractivity contribution in [3.8, 4) is 5.75 Å². The second kappa shape index (κ2) is 8.92. The van der Waals surface area contributed by atoms with Crippen LogP contribution in [0.2, 0.25) is 0 Å². The summed E-state index contributed by atoms with van der Waals surface area (Å²) < 4.78 is 19.5. The highest BCUT2D eigenvalue weighted by atomic mass is 19.1. The molecule has 3 rings (SSSR count). The van der Waals surface area contributed by atoms with Crippen LogP contribution in [-0.2, 0) is 11.3 Å². The first-order chi connectivity index (χ1) is 13.1. The molecule has 7 heteroatoms. The molecular weight excluding hydrogens is 349 g/mol. The molecule has 1 atom stereocenters. The zero-order valence-corrected chi connectivity index (χ0v) is 15.3. The highest BCUT2D eigenvalue weighted by molar-refractivity contribution is 5.76. The maximum Gasteiger partial charge on any atom is 0.325 e. The highest BCUT2D eigenvalue weighted by Gasteiger charge is 2.31. The molecule has 27 heavy (non-hydrogen) atoms. The van der Waals surface area contributed by atoms with Crippen molar-refractivity contribution >= 4 is 5.97 Å². The average Bonchev–Trinajstić information content (AvgIpc) is 2.90. The maximum absolute atomic E-state index is 14.4. The van der Waals surface area contributed by atoms with E-state index in [1.54, 1.807) is 12.4 Å². The first kappa shape index (κ1) is 19.3. The summed E-state index contributed by atoms with van der Waals surface area (Å²) in [6, 6.07) is 7.17. The number of ether oxygens (including phenoxy) is 1. The molecule has 2 aromatic rings. The van der Waals surface area contributed by atoms with E-state index >= 15 is 0 Å². The number of hydrogen-bond donors (Lipinski definition) is 1. The van der Waals surface area contributed by atoms with Gasteiger partial charge >= 0.3 is 5.97 Å². The molecule has 1 saturated heterocycles. The first-order valence-electron chi connectivity index (χ1n) is 9.00. The molecule has 1 aliphatic rings. The number of carboxylic acids is 1. The highest BCUT2D eigenvalue weighted by Crippen LogP contribution is 2.28. The Balaban J connectivity index is 1.74. The van der Waals surface area contributed by atoms with Crippen molar-refractivity contribution < 1.29 is 19.0 Å². The number of hydrogen-bond acceptors (Lipinski definition) is 5. The summed E-state index contributed by atoms with van der Waals surface area (Å²) in [4.78, 5) is 20.1. The predicted molar refractivity (Wildman–Crippen MR) is 99.0 cm³/mol. The van der Waals surface area contributed by atoms with Crippen LogP contribution in [0.1, 0.15) is 23.6 Å². The molecule has 0 radical (unpaired) electrons. The van der Waals surface area contributed by atoms with Crippen LogP contribution in [0, 0.1) is 5.82 Å². The third-order valence-electron chi connectivity index (χ3n) is 4.88. The number of methoxy groups -OCH3 is 1. The van der Waals surface area contributed by atoms with Gasteiger partial charge in [-0.05, 0) is 48.9 Å². The molecule has 0 spiro atoms. The van der Waals surface area contributed by atoms with Crippen LogP contribution in [0.3, 0.4) is 0 Å². The summed E-state index contributed by atoms with van der Waals surface area (Å²) in [6.07, 6.45) is 4.36. The van der Waals surface area contributed by atoms with Crippen molar-refractivity contribution in [2.24, 2.45) is 0 Å². The van der Waals surface area contributed by atoms with Gasteiger partial charge in [-0.2, -0.15) is 0 Å². The van der Waals surface area contributed by atoms with Crippen molar-refractivity contribution in [1.29, 1.82) is 0 Å². The lowest BCUT2D eigenvalue weighted by molar-refractivity contribution is -0.143. The van der Waals surface area contributed by atoms with Gasteiger partial charge in [0.25, 0.3) is 0 Å². The first-order valence-corrected chi connectivity index (χ1v) is 9.00. The number of benzene rings is 1. The summed E-state index contributed by atoms with van der Waals surface area (Å²) in [6.45, 7) is 3.53. The minimum absolute atomic E-state index is 0.143. The maximum atomic E-state index is 14.4. The van der Waals surface area contributed by atoms with Crippen LogP contribution in [0.4, 0.5) is 4.39 Å². The number of aromatic nitrogens is 1. The van der Waals surface area contributed by atoms with E-state index < -0.39 is 17.8 Å². The smallest absolute Gasteiger partial charge is 0.325 e. The van der Waals surface area contributed by atoms with Crippen LogP contribution in [0.25, 0.3) is 0 Å². The number of rotatable bonds is 6. The summed E-state index contributed by atoms with van der Waals surface area (Å²) in [5.41, 5.74) is 1.32. The predicted octanol–water partition coefficient (Wildman–Crippen LogP) is 2.56. The van der Waals surface area contributed by atoms with Gasteiger partial charge in [-0.15, -0.1) is 0 Å². The average molecular weight is 373 g/mol. The zero-order valence-electron chi connectivity index (χ0n) is 15.3. The normalized spacial score (nSPS) is 17.3. The number of nitrogens with zero attached hydrogens (tertiary/aromatic N) is 3. The molecule has 1 aromatic carbocycles. The molecule has 0 bridgehead atoms. The topological polar surface area (TPSA) is 65.9 Å². The molecule has 1 aromatic heterocycles. The largest absolute Gasteiger partial charge is 0.497 e. The third kappa shape index (κ3) is 4.81. The van der Waals surface area contributed by atoms with Crippen molar-refractivity contribution in [2.45, 2.75) is 19.0 Å². The fourth-order valence-corrected chi connectivity index (χ4v) is 3.50. The van der Waals surface area contributed by atoms with Crippen molar-refractivity contribution in [1.82, 2.24) is 14.8 Å². The van der Waals surface area contributed by atoms with Gasteiger partial charge in [-0.3, -0.25) is 19.6 Å². The third-order valence-corrected chi connectivity index (χ3v) is 4.88. The van der Waals surface area contributed by atoms with Crippen LogP contribution >= 0.6 is 0 Å². The number of carboxylic acid groups (broad SMARTS) is 1.